The van der Waals surface area contributed by atoms with Crippen LogP contribution in [0, 0.1) is 0 Å². The summed E-state index contributed by atoms with van der Waals surface area (Å²) in [5, 5.41) is 7.52. The first-order valence-corrected chi connectivity index (χ1v) is 5.77. The minimum Gasteiger partial charge on any atom is -0.359 e. The molecule has 0 amide bonds. The highest BCUT2D eigenvalue weighted by molar-refractivity contribution is 7.80. The third-order valence-corrected chi connectivity index (χ3v) is 2.42. The highest BCUT2D eigenvalue weighted by atomic mass is 35.5. The van der Waals surface area contributed by atoms with Gasteiger partial charge in [-0.1, -0.05) is 35.9 Å². The Morgan fingerprint density at radius 1 is 1.44 bits per heavy atom. The first-order chi connectivity index (χ1) is 7.58. The smallest absolute Gasteiger partial charge is 0.166 e. The van der Waals surface area contributed by atoms with E-state index in [1.165, 1.54) is 0 Å². The number of thiocarbonyl (C=S) groups is 1. The van der Waals surface area contributed by atoms with Crippen molar-refractivity contribution in [3.8, 4) is 0 Å². The van der Waals surface area contributed by atoms with Crippen molar-refractivity contribution in [2.75, 3.05) is 6.54 Å². The Balaban J connectivity index is 2.34. The Kier molecular flexibility index (Phi) is 5.29. The normalized spacial score (nSPS) is 9.62. The van der Waals surface area contributed by atoms with Crippen molar-refractivity contribution in [2.24, 2.45) is 0 Å². The van der Waals surface area contributed by atoms with Gasteiger partial charge in [-0.25, -0.2) is 0 Å². The summed E-state index contributed by atoms with van der Waals surface area (Å²) in [6.45, 7) is 7.11. The van der Waals surface area contributed by atoms with Crippen LogP contribution in [0.1, 0.15) is 12.5 Å². The second-order valence-electron chi connectivity index (χ2n) is 3.62. The summed E-state index contributed by atoms with van der Waals surface area (Å²) in [5.74, 6) is 0. The number of hydrogen-bond donors (Lipinski definition) is 2. The molecule has 0 aliphatic heterocycles. The van der Waals surface area contributed by atoms with Gasteiger partial charge in [0.15, 0.2) is 5.11 Å². The molecule has 86 valence electrons. The molecule has 0 aliphatic rings. The molecule has 1 aromatic rings. The fourth-order valence-corrected chi connectivity index (χ4v) is 1.48. The molecule has 0 bridgehead atoms. The lowest BCUT2D eigenvalue weighted by Crippen LogP contribution is -2.35. The molecular weight excluding hydrogens is 240 g/mol. The Morgan fingerprint density at radius 3 is 2.81 bits per heavy atom. The summed E-state index contributed by atoms with van der Waals surface area (Å²) in [7, 11) is 0. The van der Waals surface area contributed by atoms with Gasteiger partial charge in [-0.2, -0.15) is 0 Å². The fourth-order valence-electron chi connectivity index (χ4n) is 1.12. The molecule has 2 nitrogen and oxygen atoms in total. The highest BCUT2D eigenvalue weighted by Crippen LogP contribution is 2.09. The maximum absolute atomic E-state index is 5.88. The molecule has 16 heavy (non-hydrogen) atoms. The highest BCUT2D eigenvalue weighted by Gasteiger charge is 1.97. The van der Waals surface area contributed by atoms with Crippen LogP contribution in [-0.4, -0.2) is 11.7 Å². The summed E-state index contributed by atoms with van der Waals surface area (Å²) in [6, 6.07) is 7.68. The van der Waals surface area contributed by atoms with Crippen molar-refractivity contribution in [3.05, 3.63) is 47.0 Å². The molecule has 0 spiro atoms. The number of halogens is 1. The number of nitrogens with one attached hydrogen (secondary N) is 2. The molecule has 0 aliphatic carbocycles. The topological polar surface area (TPSA) is 24.1 Å². The van der Waals surface area contributed by atoms with Crippen molar-refractivity contribution < 1.29 is 0 Å². The van der Waals surface area contributed by atoms with Gasteiger partial charge < -0.3 is 10.6 Å². The molecule has 0 aromatic heterocycles. The predicted molar refractivity (Wildman–Crippen MR) is 73.7 cm³/mol. The van der Waals surface area contributed by atoms with Crippen LogP contribution in [0.4, 0.5) is 0 Å². The second-order valence-corrected chi connectivity index (χ2v) is 4.47. The summed E-state index contributed by atoms with van der Waals surface area (Å²) in [6.07, 6.45) is 0. The molecule has 0 atom stereocenters. The van der Waals surface area contributed by atoms with Gasteiger partial charge >= 0.3 is 0 Å². The molecule has 0 saturated carbocycles. The Hall–Kier alpha value is -1.06. The third kappa shape index (κ3) is 5.14. The van der Waals surface area contributed by atoms with Gasteiger partial charge in [0.1, 0.15) is 0 Å². The standard InChI is InChI=1S/C12H15ClN2S/c1-9(2)7-14-12(16)15-8-10-4-3-5-11(13)6-10/h3-6H,1,7-8H2,2H3,(H2,14,15,16). The molecule has 1 aromatic carbocycles. The maximum atomic E-state index is 5.88. The van der Waals surface area contributed by atoms with E-state index in [1.54, 1.807) is 0 Å². The second kappa shape index (κ2) is 6.51. The van der Waals surface area contributed by atoms with Crippen molar-refractivity contribution in [3.63, 3.8) is 0 Å². The average Bonchev–Trinajstić information content (AvgIpc) is 2.23. The Morgan fingerprint density at radius 2 is 2.19 bits per heavy atom. The van der Waals surface area contributed by atoms with Crippen LogP contribution in [0.25, 0.3) is 0 Å². The molecule has 4 heteroatoms. The van der Waals surface area contributed by atoms with E-state index in [0.29, 0.717) is 18.2 Å². The van der Waals surface area contributed by atoms with Gasteiger partial charge in [0.25, 0.3) is 0 Å². The van der Waals surface area contributed by atoms with Crippen molar-refractivity contribution in [2.45, 2.75) is 13.5 Å². The van der Waals surface area contributed by atoms with Crippen molar-refractivity contribution in [1.82, 2.24) is 10.6 Å². The first-order valence-electron chi connectivity index (χ1n) is 4.98. The van der Waals surface area contributed by atoms with Gasteiger partial charge in [0.05, 0.1) is 0 Å². The molecule has 0 radical (unpaired) electrons. The summed E-state index contributed by atoms with van der Waals surface area (Å²) >= 11 is 11.0. The zero-order valence-corrected chi connectivity index (χ0v) is 10.8. The zero-order chi connectivity index (χ0) is 12.0. The summed E-state index contributed by atoms with van der Waals surface area (Å²) in [4.78, 5) is 0. The molecule has 0 heterocycles. The predicted octanol–water partition coefficient (Wildman–Crippen LogP) is 2.88. The van der Waals surface area contributed by atoms with Gasteiger partial charge in [-0.15, -0.1) is 0 Å². The Labute approximate surface area is 107 Å². The third-order valence-electron chi connectivity index (χ3n) is 1.89. The minimum absolute atomic E-state index is 0.628. The average molecular weight is 255 g/mol. The van der Waals surface area contributed by atoms with Crippen LogP contribution in [0.15, 0.2) is 36.4 Å². The summed E-state index contributed by atoms with van der Waals surface area (Å²) < 4.78 is 0. The lowest BCUT2D eigenvalue weighted by Gasteiger charge is -2.10. The molecular formula is C12H15ClN2S. The van der Waals surface area contributed by atoms with Crippen LogP contribution in [-0.2, 0) is 6.54 Å². The number of hydrogen-bond acceptors (Lipinski definition) is 1. The van der Waals surface area contributed by atoms with Crippen molar-refractivity contribution in [1.29, 1.82) is 0 Å². The van der Waals surface area contributed by atoms with Crippen LogP contribution in [0.3, 0.4) is 0 Å². The molecule has 1 rings (SSSR count). The van der Waals surface area contributed by atoms with Gasteiger partial charge in [-0.05, 0) is 36.8 Å². The SMILES string of the molecule is C=C(C)CNC(=S)NCc1cccc(Cl)c1. The zero-order valence-electron chi connectivity index (χ0n) is 9.22. The van der Waals surface area contributed by atoms with Crippen LogP contribution < -0.4 is 10.6 Å². The summed E-state index contributed by atoms with van der Waals surface area (Å²) in [5.41, 5.74) is 2.15. The Bertz CT molecular complexity index is 390. The lowest BCUT2D eigenvalue weighted by atomic mass is 10.2. The first kappa shape index (κ1) is 13.0. The van der Waals surface area contributed by atoms with Crippen molar-refractivity contribution >= 4 is 28.9 Å². The van der Waals surface area contributed by atoms with E-state index in [-0.39, 0.29) is 0 Å². The fraction of sp³-hybridized carbons (Fsp3) is 0.250. The molecule has 0 fully saturated rings. The van der Waals surface area contributed by atoms with E-state index in [0.717, 1.165) is 16.2 Å². The number of benzene rings is 1. The van der Waals surface area contributed by atoms with E-state index >= 15 is 0 Å². The maximum Gasteiger partial charge on any atom is 0.166 e. The van der Waals surface area contributed by atoms with Gasteiger partial charge in [-0.3, -0.25) is 0 Å². The van der Waals surface area contributed by atoms with E-state index in [2.05, 4.69) is 17.2 Å². The van der Waals surface area contributed by atoms with Crippen LogP contribution in [0.2, 0.25) is 5.02 Å². The lowest BCUT2D eigenvalue weighted by molar-refractivity contribution is 0.862. The minimum atomic E-state index is 0.628. The molecule has 2 N–H and O–H groups in total. The largest absolute Gasteiger partial charge is 0.359 e. The number of rotatable bonds is 4. The van der Waals surface area contributed by atoms with E-state index in [1.807, 2.05) is 31.2 Å². The quantitative estimate of drug-likeness (QED) is 0.638. The van der Waals surface area contributed by atoms with Gasteiger partial charge in [0.2, 0.25) is 0 Å². The van der Waals surface area contributed by atoms with E-state index in [9.17, 15) is 0 Å². The molecule has 0 unspecified atom stereocenters. The molecule has 0 saturated heterocycles. The van der Waals surface area contributed by atoms with Gasteiger partial charge in [0, 0.05) is 18.1 Å². The van der Waals surface area contributed by atoms with E-state index < -0.39 is 0 Å². The monoisotopic (exact) mass is 254 g/mol. The van der Waals surface area contributed by atoms with Crippen LogP contribution in [0.5, 0.6) is 0 Å². The van der Waals surface area contributed by atoms with E-state index in [4.69, 9.17) is 23.8 Å². The van der Waals surface area contributed by atoms with Crippen LogP contribution >= 0.6 is 23.8 Å².